The highest BCUT2D eigenvalue weighted by atomic mass is 32.2. The molecule has 3 heterocycles. The average Bonchev–Trinajstić information content (AvgIpc) is 4.08. The number of carbonyl (C=O) groups is 4. The van der Waals surface area contributed by atoms with Crippen LogP contribution in [-0.4, -0.2) is 95.6 Å². The molecule has 6 atom stereocenters. The van der Waals surface area contributed by atoms with Crippen LogP contribution in [0.4, 0.5) is 8.78 Å². The third-order valence-corrected chi connectivity index (χ3v) is 14.4. The molecule has 0 spiro atoms. The van der Waals surface area contributed by atoms with Crippen molar-refractivity contribution in [3.8, 4) is 11.6 Å². The molecule has 14 nitrogen and oxygen atoms in total. The van der Waals surface area contributed by atoms with Crippen LogP contribution >= 0.6 is 0 Å². The summed E-state index contributed by atoms with van der Waals surface area (Å²) in [5.74, 6) is -6.44. The van der Waals surface area contributed by atoms with Crippen LogP contribution in [0, 0.1) is 24.2 Å². The first-order valence-electron chi connectivity index (χ1n) is 19.3. The average molecular weight is 802 g/mol. The number of sulfonamides is 1. The molecule has 3 aliphatic carbocycles. The molecule has 0 bridgehead atoms. The van der Waals surface area contributed by atoms with Crippen LogP contribution in [0.2, 0.25) is 0 Å². The number of alkyl halides is 2. The maximum absolute atomic E-state index is 14.5. The number of carbonyl (C=O) groups excluding carboxylic acids is 4. The Hall–Kier alpha value is -4.41. The zero-order valence-corrected chi connectivity index (χ0v) is 32.9. The van der Waals surface area contributed by atoms with Crippen LogP contribution in [0.1, 0.15) is 90.2 Å². The van der Waals surface area contributed by atoms with Gasteiger partial charge in [0.1, 0.15) is 35.7 Å². The van der Waals surface area contributed by atoms with E-state index in [1.54, 1.807) is 32.0 Å². The molecule has 1 unspecified atom stereocenters. The van der Waals surface area contributed by atoms with Crippen molar-refractivity contribution in [2.45, 2.75) is 120 Å². The number of hydrogen-bond acceptors (Lipinski definition) is 11. The smallest absolute Gasteiger partial charge is 0.306 e. The molecule has 17 heteroatoms. The molecule has 2 aliphatic heterocycles. The number of hydrogen-bond donors (Lipinski definition) is 2. The highest BCUT2D eigenvalue weighted by Gasteiger charge is 2.68. The number of aryl methyl sites for hydroxylation is 1. The molecule has 4 fully saturated rings. The highest BCUT2D eigenvalue weighted by Crippen LogP contribution is 2.60. The van der Waals surface area contributed by atoms with Gasteiger partial charge in [-0.05, 0) is 64.5 Å². The molecular weight excluding hydrogens is 753 g/mol. The quantitative estimate of drug-likeness (QED) is 0.258. The molecule has 3 amide bonds. The fourth-order valence-electron chi connectivity index (χ4n) is 7.68. The van der Waals surface area contributed by atoms with Gasteiger partial charge in [-0.2, -0.15) is 0 Å². The van der Waals surface area contributed by atoms with E-state index in [4.69, 9.17) is 14.2 Å². The number of nitrogens with zero attached hydrogens (tertiary/aromatic N) is 3. The topological polar surface area (TPSA) is 183 Å². The van der Waals surface area contributed by atoms with Gasteiger partial charge in [-0.25, -0.2) is 27.2 Å². The summed E-state index contributed by atoms with van der Waals surface area (Å²) in [5.41, 5.74) is -1.44. The molecule has 3 saturated carbocycles. The summed E-state index contributed by atoms with van der Waals surface area (Å²) in [6.45, 7) is 4.06. The zero-order valence-electron chi connectivity index (χ0n) is 32.1. The molecule has 1 aromatic carbocycles. The number of amides is 3. The van der Waals surface area contributed by atoms with Gasteiger partial charge in [0.15, 0.2) is 0 Å². The molecule has 5 aliphatic rings. The minimum absolute atomic E-state index is 0.0198. The van der Waals surface area contributed by atoms with Gasteiger partial charge in [-0.15, -0.1) is 0 Å². The Kier molecular flexibility index (Phi) is 10.3. The van der Waals surface area contributed by atoms with Gasteiger partial charge in [-0.3, -0.25) is 23.9 Å². The predicted octanol–water partition coefficient (Wildman–Crippen LogP) is 4.28. The van der Waals surface area contributed by atoms with Crippen molar-refractivity contribution >= 4 is 44.7 Å². The van der Waals surface area contributed by atoms with Gasteiger partial charge in [-0.1, -0.05) is 31.9 Å². The van der Waals surface area contributed by atoms with E-state index in [2.05, 4.69) is 20.0 Å². The fourth-order valence-corrected chi connectivity index (χ4v) is 9.00. The Morgan fingerprint density at radius 2 is 1.84 bits per heavy atom. The lowest BCUT2D eigenvalue weighted by atomic mass is 9.95. The molecule has 0 radical (unpaired) electrons. The van der Waals surface area contributed by atoms with Crippen LogP contribution in [0.25, 0.3) is 11.0 Å². The summed E-state index contributed by atoms with van der Waals surface area (Å²) in [7, 11) is -2.50. The summed E-state index contributed by atoms with van der Waals surface area (Å²) < 4.78 is 72.1. The number of allylic oxidation sites excluding steroid dienone is 1. The first-order valence-corrected chi connectivity index (χ1v) is 20.8. The summed E-state index contributed by atoms with van der Waals surface area (Å²) in [4.78, 5) is 66.4. The van der Waals surface area contributed by atoms with Crippen molar-refractivity contribution in [2.24, 2.45) is 17.3 Å². The second-order valence-electron chi connectivity index (χ2n) is 16.7. The third-order valence-electron chi connectivity index (χ3n) is 12.2. The van der Waals surface area contributed by atoms with Crippen molar-refractivity contribution in [1.29, 1.82) is 0 Å². The van der Waals surface area contributed by atoms with Gasteiger partial charge >= 0.3 is 5.97 Å². The monoisotopic (exact) mass is 801 g/mol. The highest BCUT2D eigenvalue weighted by molar-refractivity contribution is 7.91. The van der Waals surface area contributed by atoms with E-state index in [-0.39, 0.29) is 38.1 Å². The van der Waals surface area contributed by atoms with Crippen molar-refractivity contribution in [3.05, 3.63) is 36.0 Å². The van der Waals surface area contributed by atoms with E-state index >= 15 is 0 Å². The van der Waals surface area contributed by atoms with E-state index in [9.17, 15) is 36.4 Å². The van der Waals surface area contributed by atoms with Crippen molar-refractivity contribution in [3.63, 3.8) is 0 Å². The number of nitrogens with one attached hydrogen (secondary N) is 2. The maximum Gasteiger partial charge on any atom is 0.306 e. The number of aromatic nitrogens is 2. The summed E-state index contributed by atoms with van der Waals surface area (Å²) in [6, 6.07) is 4.04. The van der Waals surface area contributed by atoms with Crippen LogP contribution in [0.3, 0.4) is 0 Å². The molecule has 7 rings (SSSR count). The molecule has 1 aromatic heterocycles. The van der Waals surface area contributed by atoms with Crippen molar-refractivity contribution < 1.29 is 50.6 Å². The van der Waals surface area contributed by atoms with E-state index in [0.29, 0.717) is 54.6 Å². The van der Waals surface area contributed by atoms with Gasteiger partial charge in [0.2, 0.25) is 27.7 Å². The Bertz CT molecular complexity index is 2080. The van der Waals surface area contributed by atoms with Crippen LogP contribution in [-0.2, 0) is 33.9 Å². The Balaban J connectivity index is 1.17. The Morgan fingerprint density at radius 3 is 2.54 bits per heavy atom. The number of halogens is 2. The minimum atomic E-state index is -4.03. The first-order chi connectivity index (χ1) is 26.4. The lowest BCUT2D eigenvalue weighted by molar-refractivity contribution is -0.152. The number of esters is 1. The molecule has 1 saturated heterocycles. The van der Waals surface area contributed by atoms with Crippen LogP contribution in [0.15, 0.2) is 30.4 Å². The molecule has 304 valence electrons. The van der Waals surface area contributed by atoms with Gasteiger partial charge < -0.3 is 24.4 Å². The largest absolute Gasteiger partial charge is 0.497 e. The van der Waals surface area contributed by atoms with Gasteiger partial charge in [0.05, 0.1) is 41.3 Å². The number of ether oxygens (including phenoxy) is 3. The maximum atomic E-state index is 14.5. The van der Waals surface area contributed by atoms with Gasteiger partial charge in [0.25, 0.3) is 11.8 Å². The van der Waals surface area contributed by atoms with Crippen molar-refractivity contribution in [1.82, 2.24) is 24.9 Å². The SMILES string of the molecule is COc1ccc2nc(C)c(O[C@@H]3C[C@H]4C(=O)N[C@]5(C(=O)NS(=O)(=O)C6(C)CC6)C[C@H]5/C=C\CCCCC[C@H](CC(=O)OCC5(C)CC5(F)F)C(=O)N4C3)nc2c1. The molecular formula is C39H49F2N5O9S. The Labute approximate surface area is 324 Å². The van der Waals surface area contributed by atoms with E-state index in [1.807, 2.05) is 12.2 Å². The second kappa shape index (κ2) is 14.5. The van der Waals surface area contributed by atoms with Crippen molar-refractivity contribution in [2.75, 3.05) is 20.3 Å². The number of fused-ring (bicyclic) bond motifs is 3. The van der Waals surface area contributed by atoms with Gasteiger partial charge in [0, 0.05) is 30.7 Å². The fraction of sp³-hybridized carbons (Fsp3) is 0.641. The molecule has 2 N–H and O–H groups in total. The summed E-state index contributed by atoms with van der Waals surface area (Å²) in [6.07, 6.45) is 6.09. The third kappa shape index (κ3) is 7.79. The number of rotatable bonds is 10. The molecule has 56 heavy (non-hydrogen) atoms. The van der Waals surface area contributed by atoms with E-state index < -0.39 is 92.3 Å². The normalized spacial score (nSPS) is 31.4. The lowest BCUT2D eigenvalue weighted by Crippen LogP contribution is -2.57. The van der Waals surface area contributed by atoms with Crippen LogP contribution in [0.5, 0.6) is 11.6 Å². The van der Waals surface area contributed by atoms with E-state index in [0.717, 1.165) is 6.42 Å². The predicted molar refractivity (Wildman–Crippen MR) is 198 cm³/mol. The summed E-state index contributed by atoms with van der Waals surface area (Å²) >= 11 is 0. The lowest BCUT2D eigenvalue weighted by Gasteiger charge is -2.29. The van der Waals surface area contributed by atoms with Crippen LogP contribution < -0.4 is 19.5 Å². The standard InChI is InChI=1S/C39H49F2N5O9S/c1-23-33(43-29-17-26(53-4)12-13-28(29)42-23)55-27-18-30-32(48)44-38(35(50)45-56(51,52)37(3)14-15-37)19-25(38)11-9-7-5-6-8-10-24(34(49)46(30)20-27)16-31(47)54-22-36(2)21-39(36,40)41/h9,11-13,17,24-25,27,30H,5-8,10,14-16,18-22H2,1-4H3,(H,44,48)(H,45,50)/b11-9-/t24-,25-,27-,30+,36?,38-/m1/s1. The minimum Gasteiger partial charge on any atom is -0.497 e. The second-order valence-corrected chi connectivity index (χ2v) is 18.9. The summed E-state index contributed by atoms with van der Waals surface area (Å²) in [5, 5.41) is 2.84. The molecule has 2 aromatic rings. The Morgan fingerprint density at radius 1 is 1.09 bits per heavy atom. The number of benzene rings is 1. The zero-order chi connectivity index (χ0) is 40.3. The van der Waals surface area contributed by atoms with E-state index in [1.165, 1.54) is 18.9 Å². The number of methoxy groups -OCH3 is 1. The first kappa shape index (κ1) is 39.8.